The van der Waals surface area contributed by atoms with E-state index in [2.05, 4.69) is 6.58 Å². The maximum absolute atomic E-state index is 11.6. The van der Waals surface area contributed by atoms with E-state index in [1.54, 1.807) is 19.1 Å². The van der Waals surface area contributed by atoms with Crippen LogP contribution in [0.2, 0.25) is 0 Å². The molecule has 1 rings (SSSR count). The highest BCUT2D eigenvalue weighted by Gasteiger charge is 2.06. The Bertz CT molecular complexity index is 353. The molecule has 0 radical (unpaired) electrons. The number of para-hydroxylation sites is 1. The summed E-state index contributed by atoms with van der Waals surface area (Å²) in [6, 6.07) is 7.48. The molecule has 0 saturated heterocycles. The van der Waals surface area contributed by atoms with Gasteiger partial charge in [-0.1, -0.05) is 24.8 Å². The zero-order valence-corrected chi connectivity index (χ0v) is 7.95. The van der Waals surface area contributed by atoms with Crippen LogP contribution in [0.4, 0.5) is 5.69 Å². The summed E-state index contributed by atoms with van der Waals surface area (Å²) in [5.74, 6) is 0. The van der Waals surface area contributed by atoms with E-state index in [9.17, 15) is 5.21 Å². The SMILES string of the molecule is C=C/C(C)=[N+](/[O-])c1ccccc1C. The average molecular weight is 175 g/mol. The number of hydrogen-bond donors (Lipinski definition) is 0. The Balaban J connectivity index is 3.23. The lowest BCUT2D eigenvalue weighted by Gasteiger charge is -2.06. The summed E-state index contributed by atoms with van der Waals surface area (Å²) in [6.45, 7) is 7.21. The van der Waals surface area contributed by atoms with Crippen molar-refractivity contribution in [3.63, 3.8) is 0 Å². The molecule has 1 aromatic carbocycles. The van der Waals surface area contributed by atoms with Gasteiger partial charge >= 0.3 is 0 Å². The van der Waals surface area contributed by atoms with Crippen molar-refractivity contribution in [2.24, 2.45) is 0 Å². The molecule has 0 bridgehead atoms. The van der Waals surface area contributed by atoms with Crippen LogP contribution in [0.3, 0.4) is 0 Å². The maximum Gasteiger partial charge on any atom is 0.219 e. The van der Waals surface area contributed by atoms with Crippen molar-refractivity contribution in [3.8, 4) is 0 Å². The molecule has 0 unspecified atom stereocenters. The maximum atomic E-state index is 11.6. The highest BCUT2D eigenvalue weighted by molar-refractivity contribution is 5.88. The van der Waals surface area contributed by atoms with Gasteiger partial charge < -0.3 is 5.21 Å². The van der Waals surface area contributed by atoms with E-state index < -0.39 is 0 Å². The molecule has 68 valence electrons. The molecule has 0 aliphatic heterocycles. The lowest BCUT2D eigenvalue weighted by atomic mass is 10.2. The first kappa shape index (κ1) is 9.52. The van der Waals surface area contributed by atoms with Crippen molar-refractivity contribution in [2.75, 3.05) is 0 Å². The first-order valence-electron chi connectivity index (χ1n) is 4.15. The third-order valence-corrected chi connectivity index (χ3v) is 1.95. The average Bonchev–Trinajstić information content (AvgIpc) is 2.16. The fraction of sp³-hybridized carbons (Fsp3) is 0.182. The van der Waals surface area contributed by atoms with Crippen LogP contribution in [0.25, 0.3) is 0 Å². The van der Waals surface area contributed by atoms with Crippen LogP contribution in [0.1, 0.15) is 12.5 Å². The summed E-state index contributed by atoms with van der Waals surface area (Å²) in [5.41, 5.74) is 2.26. The highest BCUT2D eigenvalue weighted by atomic mass is 16.5. The molecule has 2 nitrogen and oxygen atoms in total. The van der Waals surface area contributed by atoms with Gasteiger partial charge in [-0.05, 0) is 13.0 Å². The van der Waals surface area contributed by atoms with E-state index in [0.29, 0.717) is 11.4 Å². The first-order valence-corrected chi connectivity index (χ1v) is 4.15. The van der Waals surface area contributed by atoms with Crippen LogP contribution in [0.15, 0.2) is 36.9 Å². The molecule has 13 heavy (non-hydrogen) atoms. The van der Waals surface area contributed by atoms with Crippen molar-refractivity contribution in [1.29, 1.82) is 0 Å². The number of hydrogen-bond acceptors (Lipinski definition) is 1. The molecule has 0 amide bonds. The van der Waals surface area contributed by atoms with E-state index in [1.807, 2.05) is 25.1 Å². The molecule has 0 atom stereocenters. The van der Waals surface area contributed by atoms with Gasteiger partial charge in [-0.15, -0.1) is 0 Å². The Kier molecular flexibility index (Phi) is 2.85. The molecule has 2 heteroatoms. The second-order valence-electron chi connectivity index (χ2n) is 2.93. The van der Waals surface area contributed by atoms with Gasteiger partial charge in [0.2, 0.25) is 5.69 Å². The Morgan fingerprint density at radius 2 is 2.08 bits per heavy atom. The Morgan fingerprint density at radius 3 is 2.62 bits per heavy atom. The van der Waals surface area contributed by atoms with E-state index >= 15 is 0 Å². The fourth-order valence-electron chi connectivity index (χ4n) is 1.06. The first-order chi connectivity index (χ1) is 6.16. The minimum Gasteiger partial charge on any atom is -0.618 e. The summed E-state index contributed by atoms with van der Waals surface area (Å²) in [4.78, 5) is 0. The molecule has 0 spiro atoms. The second-order valence-corrected chi connectivity index (χ2v) is 2.93. The minimum atomic E-state index is 0.606. The summed E-state index contributed by atoms with van der Waals surface area (Å²) in [7, 11) is 0. The number of allylic oxidation sites excluding steroid dienone is 1. The van der Waals surface area contributed by atoms with Crippen molar-refractivity contribution in [3.05, 3.63) is 47.7 Å². The molecule has 0 aliphatic rings. The molecular weight excluding hydrogens is 162 g/mol. The van der Waals surface area contributed by atoms with Crippen LogP contribution in [-0.2, 0) is 0 Å². The zero-order valence-electron chi connectivity index (χ0n) is 7.95. The molecule has 0 saturated carbocycles. The third kappa shape index (κ3) is 1.96. The summed E-state index contributed by atoms with van der Waals surface area (Å²) >= 11 is 0. The van der Waals surface area contributed by atoms with E-state index in [4.69, 9.17) is 0 Å². The third-order valence-electron chi connectivity index (χ3n) is 1.95. The van der Waals surface area contributed by atoms with Gasteiger partial charge in [0, 0.05) is 18.6 Å². The standard InChI is InChI=1S/C11H13NO/c1-4-10(3)12(13)11-8-6-5-7-9(11)2/h4-8H,1H2,2-3H3/b12-10+. The lowest BCUT2D eigenvalue weighted by molar-refractivity contribution is -0.360. The predicted octanol–water partition coefficient (Wildman–Crippen LogP) is 2.78. The predicted molar refractivity (Wildman–Crippen MR) is 55.3 cm³/mol. The van der Waals surface area contributed by atoms with Crippen LogP contribution in [0.5, 0.6) is 0 Å². The molecule has 0 fully saturated rings. The number of nitrogens with zero attached hydrogens (tertiary/aromatic N) is 1. The van der Waals surface area contributed by atoms with Crippen LogP contribution in [-0.4, -0.2) is 10.5 Å². The Labute approximate surface area is 78.4 Å². The normalized spacial score (nSPS) is 12.2. The number of aryl methyl sites for hydroxylation is 1. The van der Waals surface area contributed by atoms with Crippen molar-refractivity contribution >= 4 is 11.4 Å². The molecule has 1 aromatic rings. The number of benzene rings is 1. The van der Waals surface area contributed by atoms with Gasteiger partial charge in [0.15, 0.2) is 5.71 Å². The van der Waals surface area contributed by atoms with E-state index in [1.165, 1.54) is 0 Å². The van der Waals surface area contributed by atoms with Crippen molar-refractivity contribution < 1.29 is 4.74 Å². The molecular formula is C11H13NO. The van der Waals surface area contributed by atoms with Crippen LogP contribution < -0.4 is 0 Å². The topological polar surface area (TPSA) is 26.1 Å². The van der Waals surface area contributed by atoms with Gasteiger partial charge in [0.25, 0.3) is 0 Å². The second kappa shape index (κ2) is 3.90. The molecule has 0 aromatic heterocycles. The minimum absolute atomic E-state index is 0.606. The number of rotatable bonds is 2. The summed E-state index contributed by atoms with van der Waals surface area (Å²) in [6.07, 6.45) is 1.56. The molecule has 0 heterocycles. The summed E-state index contributed by atoms with van der Waals surface area (Å²) in [5, 5.41) is 11.6. The Morgan fingerprint density at radius 1 is 1.46 bits per heavy atom. The van der Waals surface area contributed by atoms with Gasteiger partial charge in [0.1, 0.15) is 0 Å². The smallest absolute Gasteiger partial charge is 0.219 e. The molecule has 0 N–H and O–H groups in total. The fourth-order valence-corrected chi connectivity index (χ4v) is 1.06. The lowest BCUT2D eigenvalue weighted by Crippen LogP contribution is -2.05. The zero-order chi connectivity index (χ0) is 9.84. The van der Waals surface area contributed by atoms with E-state index in [0.717, 1.165) is 10.3 Å². The monoisotopic (exact) mass is 175 g/mol. The molecule has 0 aliphatic carbocycles. The van der Waals surface area contributed by atoms with Crippen LogP contribution >= 0.6 is 0 Å². The Hall–Kier alpha value is -1.57. The van der Waals surface area contributed by atoms with Crippen LogP contribution in [0, 0.1) is 12.1 Å². The van der Waals surface area contributed by atoms with Gasteiger partial charge in [0.05, 0.1) is 0 Å². The largest absolute Gasteiger partial charge is 0.618 e. The van der Waals surface area contributed by atoms with Gasteiger partial charge in [-0.25, -0.2) is 0 Å². The highest BCUT2D eigenvalue weighted by Crippen LogP contribution is 2.16. The van der Waals surface area contributed by atoms with Crippen molar-refractivity contribution in [1.82, 2.24) is 0 Å². The van der Waals surface area contributed by atoms with Gasteiger partial charge in [-0.3, -0.25) is 0 Å². The quantitative estimate of drug-likeness (QED) is 0.294. The summed E-state index contributed by atoms with van der Waals surface area (Å²) < 4.78 is 0.891. The van der Waals surface area contributed by atoms with E-state index in [-0.39, 0.29) is 0 Å². The van der Waals surface area contributed by atoms with Gasteiger partial charge in [-0.2, -0.15) is 4.74 Å². The van der Waals surface area contributed by atoms with Crippen molar-refractivity contribution in [2.45, 2.75) is 13.8 Å².